The second-order valence-electron chi connectivity index (χ2n) is 6.55. The Labute approximate surface area is 165 Å². The highest BCUT2D eigenvalue weighted by Crippen LogP contribution is 2.31. The highest BCUT2D eigenvalue weighted by Gasteiger charge is 2.13. The number of hydrogen-bond acceptors (Lipinski definition) is 4. The first-order valence-electron chi connectivity index (χ1n) is 8.97. The summed E-state index contributed by atoms with van der Waals surface area (Å²) in [6.07, 6.45) is 7.33. The topological polar surface area (TPSA) is 96.2 Å². The van der Waals surface area contributed by atoms with Crippen molar-refractivity contribution in [3.05, 3.63) is 84.9 Å². The summed E-state index contributed by atoms with van der Waals surface area (Å²) in [5, 5.41) is 16.3. The number of hydrogen-bond donors (Lipinski definition) is 2. The predicted molar refractivity (Wildman–Crippen MR) is 108 cm³/mol. The lowest BCUT2D eigenvalue weighted by molar-refractivity contribution is 0.0697. The van der Waals surface area contributed by atoms with Crippen LogP contribution < -0.4 is 0 Å². The summed E-state index contributed by atoms with van der Waals surface area (Å²) in [4.78, 5) is 20.0. The van der Waals surface area contributed by atoms with E-state index in [1.807, 2.05) is 47.1 Å². The van der Waals surface area contributed by atoms with E-state index in [1.54, 1.807) is 36.7 Å². The van der Waals surface area contributed by atoms with Crippen molar-refractivity contribution in [1.29, 1.82) is 0 Å². The van der Waals surface area contributed by atoms with E-state index in [1.165, 1.54) is 0 Å². The summed E-state index contributed by atoms with van der Waals surface area (Å²) in [5.41, 5.74) is 6.36. The molecule has 5 aromatic rings. The number of rotatable bonds is 4. The van der Waals surface area contributed by atoms with Crippen molar-refractivity contribution in [3.8, 4) is 33.8 Å². The average Bonchev–Trinajstić information content (AvgIpc) is 3.41. The van der Waals surface area contributed by atoms with Gasteiger partial charge in [-0.25, -0.2) is 9.78 Å². The third-order valence-corrected chi connectivity index (χ3v) is 4.80. The van der Waals surface area contributed by atoms with Crippen LogP contribution in [0.25, 0.3) is 39.4 Å². The van der Waals surface area contributed by atoms with E-state index in [0.29, 0.717) is 0 Å². The molecule has 0 saturated heterocycles. The molecule has 0 saturated carbocycles. The van der Waals surface area contributed by atoms with Crippen molar-refractivity contribution in [3.63, 3.8) is 0 Å². The standard InChI is InChI=1S/C22H15N5O2/c28-22(29)15-6-4-14(5-7-15)21-17(11-25-26-21)16-8-9-20-24-12-19(27(20)13-16)18-3-1-2-10-23-18/h1-13H,(H,25,26)(H,28,29). The van der Waals surface area contributed by atoms with Gasteiger partial charge in [0.15, 0.2) is 0 Å². The lowest BCUT2D eigenvalue weighted by Crippen LogP contribution is -1.95. The lowest BCUT2D eigenvalue weighted by Gasteiger charge is -2.07. The van der Waals surface area contributed by atoms with Gasteiger partial charge in [0.1, 0.15) is 5.65 Å². The first kappa shape index (κ1) is 16.9. The molecule has 2 N–H and O–H groups in total. The fourth-order valence-corrected chi connectivity index (χ4v) is 3.35. The molecule has 140 valence electrons. The molecule has 4 heterocycles. The molecule has 0 spiro atoms. The summed E-state index contributed by atoms with van der Waals surface area (Å²) >= 11 is 0. The third-order valence-electron chi connectivity index (χ3n) is 4.80. The minimum absolute atomic E-state index is 0.245. The zero-order valence-electron chi connectivity index (χ0n) is 15.1. The van der Waals surface area contributed by atoms with Crippen LogP contribution in [-0.4, -0.2) is 35.6 Å². The summed E-state index contributed by atoms with van der Waals surface area (Å²) in [6.45, 7) is 0. The molecule has 1 aromatic carbocycles. The summed E-state index contributed by atoms with van der Waals surface area (Å²) in [5.74, 6) is -0.950. The number of aromatic carboxylic acids is 1. The number of nitrogens with one attached hydrogen (secondary N) is 1. The Hall–Kier alpha value is -4.26. The van der Waals surface area contributed by atoms with Gasteiger partial charge in [0.25, 0.3) is 0 Å². The van der Waals surface area contributed by atoms with E-state index >= 15 is 0 Å². The van der Waals surface area contributed by atoms with Gasteiger partial charge in [-0.1, -0.05) is 18.2 Å². The van der Waals surface area contributed by atoms with E-state index < -0.39 is 5.97 Å². The van der Waals surface area contributed by atoms with Crippen molar-refractivity contribution in [2.24, 2.45) is 0 Å². The molecule has 0 amide bonds. The number of fused-ring (bicyclic) bond motifs is 1. The molecule has 0 atom stereocenters. The van der Waals surface area contributed by atoms with Crippen molar-refractivity contribution >= 4 is 11.6 Å². The van der Waals surface area contributed by atoms with Crippen LogP contribution in [0.3, 0.4) is 0 Å². The number of carboxylic acids is 1. The quantitative estimate of drug-likeness (QED) is 0.487. The minimum atomic E-state index is -0.950. The summed E-state index contributed by atoms with van der Waals surface area (Å²) in [7, 11) is 0. The lowest BCUT2D eigenvalue weighted by atomic mass is 10.0. The van der Waals surface area contributed by atoms with Crippen LogP contribution in [0.1, 0.15) is 10.4 Å². The first-order chi connectivity index (χ1) is 14.2. The van der Waals surface area contributed by atoms with E-state index in [0.717, 1.165) is 39.4 Å². The largest absolute Gasteiger partial charge is 0.478 e. The van der Waals surface area contributed by atoms with Crippen molar-refractivity contribution in [2.45, 2.75) is 0 Å². The SMILES string of the molecule is O=C(O)c1ccc(-c2[nH]ncc2-c2ccc3ncc(-c4ccccn4)n3c2)cc1. The number of H-pyrrole nitrogens is 1. The molecule has 0 bridgehead atoms. The number of nitrogens with zero attached hydrogens (tertiary/aromatic N) is 4. The van der Waals surface area contributed by atoms with Gasteiger partial charge in [-0.15, -0.1) is 0 Å². The van der Waals surface area contributed by atoms with E-state index in [9.17, 15) is 4.79 Å². The van der Waals surface area contributed by atoms with E-state index in [-0.39, 0.29) is 5.56 Å². The number of carbonyl (C=O) groups is 1. The van der Waals surface area contributed by atoms with Gasteiger partial charge in [-0.05, 0) is 36.4 Å². The molecule has 7 nitrogen and oxygen atoms in total. The van der Waals surface area contributed by atoms with Gasteiger partial charge < -0.3 is 5.11 Å². The molecule has 5 rings (SSSR count). The van der Waals surface area contributed by atoms with Crippen LogP contribution in [0.5, 0.6) is 0 Å². The van der Waals surface area contributed by atoms with Crippen molar-refractivity contribution in [2.75, 3.05) is 0 Å². The Morgan fingerprint density at radius 2 is 1.76 bits per heavy atom. The molecule has 29 heavy (non-hydrogen) atoms. The van der Waals surface area contributed by atoms with Gasteiger partial charge in [0, 0.05) is 29.1 Å². The fraction of sp³-hybridized carbons (Fsp3) is 0. The maximum atomic E-state index is 11.1. The maximum absolute atomic E-state index is 11.1. The van der Waals surface area contributed by atoms with E-state index in [4.69, 9.17) is 5.11 Å². The molecular formula is C22H15N5O2. The van der Waals surface area contributed by atoms with Crippen LogP contribution in [0.2, 0.25) is 0 Å². The van der Waals surface area contributed by atoms with Gasteiger partial charge >= 0.3 is 5.97 Å². The van der Waals surface area contributed by atoms with Crippen LogP contribution in [0.15, 0.2) is 79.4 Å². The molecule has 0 radical (unpaired) electrons. The highest BCUT2D eigenvalue weighted by atomic mass is 16.4. The molecule has 4 aromatic heterocycles. The van der Waals surface area contributed by atoms with Crippen molar-refractivity contribution < 1.29 is 9.90 Å². The number of aromatic nitrogens is 5. The molecule has 7 heteroatoms. The van der Waals surface area contributed by atoms with Crippen LogP contribution in [-0.2, 0) is 0 Å². The minimum Gasteiger partial charge on any atom is -0.478 e. The molecule has 0 aliphatic carbocycles. The average molecular weight is 381 g/mol. The number of aromatic amines is 1. The Morgan fingerprint density at radius 1 is 0.931 bits per heavy atom. The number of pyridine rings is 2. The monoisotopic (exact) mass is 381 g/mol. The van der Waals surface area contributed by atoms with Gasteiger partial charge in [-0.2, -0.15) is 5.10 Å². The van der Waals surface area contributed by atoms with E-state index in [2.05, 4.69) is 20.2 Å². The Kier molecular flexibility index (Phi) is 3.91. The molecule has 0 aliphatic rings. The second-order valence-corrected chi connectivity index (χ2v) is 6.55. The van der Waals surface area contributed by atoms with Gasteiger partial charge in [0.05, 0.1) is 35.0 Å². The number of benzene rings is 1. The number of carboxylic acid groups (broad SMARTS) is 1. The predicted octanol–water partition coefficient (Wildman–Crippen LogP) is 4.15. The number of imidazole rings is 1. The summed E-state index contributed by atoms with van der Waals surface area (Å²) in [6, 6.07) is 16.4. The Morgan fingerprint density at radius 3 is 2.52 bits per heavy atom. The fourth-order valence-electron chi connectivity index (χ4n) is 3.35. The van der Waals surface area contributed by atoms with Gasteiger partial charge in [0.2, 0.25) is 0 Å². The molecule has 0 fully saturated rings. The molecule has 0 aliphatic heterocycles. The molecule has 0 unspecified atom stereocenters. The zero-order chi connectivity index (χ0) is 19.8. The maximum Gasteiger partial charge on any atom is 0.335 e. The van der Waals surface area contributed by atoms with Crippen LogP contribution in [0, 0.1) is 0 Å². The third kappa shape index (κ3) is 2.94. The normalized spacial score (nSPS) is 11.0. The summed E-state index contributed by atoms with van der Waals surface area (Å²) < 4.78 is 2.00. The smallest absolute Gasteiger partial charge is 0.335 e. The first-order valence-corrected chi connectivity index (χ1v) is 8.97. The van der Waals surface area contributed by atoms with Crippen molar-refractivity contribution in [1.82, 2.24) is 24.6 Å². The zero-order valence-corrected chi connectivity index (χ0v) is 15.1. The Bertz CT molecular complexity index is 1320. The Balaban J connectivity index is 1.60. The highest BCUT2D eigenvalue weighted by molar-refractivity contribution is 5.89. The van der Waals surface area contributed by atoms with Gasteiger partial charge in [-0.3, -0.25) is 14.5 Å². The molecular weight excluding hydrogens is 366 g/mol. The van der Waals surface area contributed by atoms with Crippen LogP contribution in [0.4, 0.5) is 0 Å². The second kappa shape index (κ2) is 6.72. The van der Waals surface area contributed by atoms with Crippen LogP contribution >= 0.6 is 0 Å².